The number of carbonyl (C=O) groups excluding carboxylic acids is 2. The molecule has 1 N–H and O–H groups in total. The fraction of sp³-hybridized carbons (Fsp3) is 0.368. The van der Waals surface area contributed by atoms with Crippen LogP contribution in [0.5, 0.6) is 0 Å². The fourth-order valence-corrected chi connectivity index (χ4v) is 3.48. The molecule has 1 aromatic rings. The second-order valence-corrected chi connectivity index (χ2v) is 6.04. The monoisotopic (exact) mass is 329 g/mol. The normalized spacial score (nSPS) is 20.6. The number of Topliss-reactive ketones (excluding diaryl/α,β-unsaturated/α-hetero) is 1. The van der Waals surface area contributed by atoms with Crippen LogP contribution < -0.4 is 5.32 Å². The van der Waals surface area contributed by atoms with Gasteiger partial charge in [0.25, 0.3) is 0 Å². The fourth-order valence-electron chi connectivity index (χ4n) is 3.48. The molecule has 0 bridgehead atoms. The Morgan fingerprint density at radius 3 is 2.88 bits per heavy atom. The Labute approximate surface area is 140 Å². The van der Waals surface area contributed by atoms with Crippen molar-refractivity contribution in [2.45, 2.75) is 39.0 Å². The summed E-state index contributed by atoms with van der Waals surface area (Å²) in [6.45, 7) is 3.77. The molecule has 1 unspecified atom stereocenters. The van der Waals surface area contributed by atoms with Crippen LogP contribution in [0, 0.1) is 5.82 Å². The molecular formula is C19H20FNO3. The number of hydrogen-bond acceptors (Lipinski definition) is 4. The van der Waals surface area contributed by atoms with Gasteiger partial charge in [0, 0.05) is 29.3 Å². The van der Waals surface area contributed by atoms with E-state index in [1.807, 2.05) is 0 Å². The summed E-state index contributed by atoms with van der Waals surface area (Å²) in [5.74, 6) is -1.44. The smallest absolute Gasteiger partial charge is 0.336 e. The van der Waals surface area contributed by atoms with Gasteiger partial charge < -0.3 is 10.1 Å². The first-order valence-corrected chi connectivity index (χ1v) is 8.19. The van der Waals surface area contributed by atoms with Gasteiger partial charge >= 0.3 is 5.97 Å². The van der Waals surface area contributed by atoms with Crippen molar-refractivity contribution in [3.63, 3.8) is 0 Å². The number of carbonyl (C=O) groups is 2. The van der Waals surface area contributed by atoms with Crippen LogP contribution in [0.15, 0.2) is 46.8 Å². The van der Waals surface area contributed by atoms with Crippen LogP contribution in [0.4, 0.5) is 4.39 Å². The SMILES string of the molecule is CCOC(=O)C1=C(C)NC2=C(C(=O)CCC2)C1c1cccc(F)c1. The minimum absolute atomic E-state index is 0.00677. The molecule has 1 aliphatic heterocycles. The zero-order valence-electron chi connectivity index (χ0n) is 13.8. The lowest BCUT2D eigenvalue weighted by molar-refractivity contribution is -0.138. The third kappa shape index (κ3) is 2.86. The van der Waals surface area contributed by atoms with Crippen molar-refractivity contribution in [3.8, 4) is 0 Å². The van der Waals surface area contributed by atoms with Gasteiger partial charge in [-0.05, 0) is 44.4 Å². The molecule has 2 aliphatic rings. The average molecular weight is 329 g/mol. The van der Waals surface area contributed by atoms with Crippen LogP contribution in [-0.4, -0.2) is 18.4 Å². The van der Waals surface area contributed by atoms with Crippen LogP contribution >= 0.6 is 0 Å². The second-order valence-electron chi connectivity index (χ2n) is 6.04. The number of esters is 1. The number of dihydropyridines is 1. The Hall–Kier alpha value is -2.43. The molecular weight excluding hydrogens is 309 g/mol. The Balaban J connectivity index is 2.17. The summed E-state index contributed by atoms with van der Waals surface area (Å²) in [5.41, 5.74) is 3.06. The highest BCUT2D eigenvalue weighted by Crippen LogP contribution is 2.42. The van der Waals surface area contributed by atoms with E-state index in [9.17, 15) is 14.0 Å². The summed E-state index contributed by atoms with van der Waals surface area (Å²) in [6, 6.07) is 6.08. The van der Waals surface area contributed by atoms with Gasteiger partial charge in [-0.3, -0.25) is 4.79 Å². The highest BCUT2D eigenvalue weighted by atomic mass is 19.1. The Morgan fingerprint density at radius 2 is 2.17 bits per heavy atom. The number of hydrogen-bond donors (Lipinski definition) is 1. The van der Waals surface area contributed by atoms with Gasteiger partial charge in [-0.15, -0.1) is 0 Å². The van der Waals surface area contributed by atoms with Gasteiger partial charge in [-0.25, -0.2) is 9.18 Å². The van der Waals surface area contributed by atoms with E-state index in [0.717, 1.165) is 18.5 Å². The molecule has 1 heterocycles. The molecule has 0 saturated heterocycles. The summed E-state index contributed by atoms with van der Waals surface area (Å²) in [5, 5.41) is 3.20. The minimum Gasteiger partial charge on any atom is -0.463 e. The van der Waals surface area contributed by atoms with E-state index in [4.69, 9.17) is 4.74 Å². The first-order chi connectivity index (χ1) is 11.5. The topological polar surface area (TPSA) is 55.4 Å². The molecule has 1 atom stereocenters. The third-order valence-corrected chi connectivity index (χ3v) is 4.45. The number of allylic oxidation sites excluding steroid dienone is 3. The lowest BCUT2D eigenvalue weighted by atomic mass is 9.75. The molecule has 1 aliphatic carbocycles. The first kappa shape index (κ1) is 16.4. The molecule has 0 fully saturated rings. The zero-order valence-corrected chi connectivity index (χ0v) is 13.8. The number of ketones is 1. The maximum absolute atomic E-state index is 13.8. The Morgan fingerprint density at radius 1 is 1.38 bits per heavy atom. The molecule has 0 saturated carbocycles. The van der Waals surface area contributed by atoms with Crippen LogP contribution in [-0.2, 0) is 14.3 Å². The number of ether oxygens (including phenoxy) is 1. The standard InChI is InChI=1S/C19H20FNO3/c1-3-24-19(23)16-11(2)21-14-8-5-9-15(22)18(14)17(16)12-6-4-7-13(20)10-12/h4,6-7,10,17,21H,3,5,8-9H2,1-2H3. The van der Waals surface area contributed by atoms with Crippen molar-refractivity contribution in [2.75, 3.05) is 6.61 Å². The van der Waals surface area contributed by atoms with Gasteiger partial charge in [-0.2, -0.15) is 0 Å². The van der Waals surface area contributed by atoms with Crippen molar-refractivity contribution < 1.29 is 18.7 Å². The summed E-state index contributed by atoms with van der Waals surface area (Å²) in [4.78, 5) is 25.1. The second kappa shape index (κ2) is 6.59. The molecule has 0 aromatic heterocycles. The molecule has 0 spiro atoms. The maximum Gasteiger partial charge on any atom is 0.336 e. The molecule has 126 valence electrons. The Bertz CT molecular complexity index is 764. The highest BCUT2D eigenvalue weighted by Gasteiger charge is 2.39. The van der Waals surface area contributed by atoms with Crippen molar-refractivity contribution in [2.24, 2.45) is 0 Å². The molecule has 24 heavy (non-hydrogen) atoms. The van der Waals surface area contributed by atoms with Crippen molar-refractivity contribution in [1.82, 2.24) is 5.32 Å². The molecule has 3 rings (SSSR count). The summed E-state index contributed by atoms with van der Waals surface area (Å²) in [7, 11) is 0. The lowest BCUT2D eigenvalue weighted by Crippen LogP contribution is -2.34. The van der Waals surface area contributed by atoms with Crippen LogP contribution in [0.25, 0.3) is 0 Å². The van der Waals surface area contributed by atoms with Gasteiger partial charge in [0.1, 0.15) is 5.82 Å². The number of nitrogens with one attached hydrogen (secondary N) is 1. The summed E-state index contributed by atoms with van der Waals surface area (Å²) < 4.78 is 19.0. The van der Waals surface area contributed by atoms with Crippen LogP contribution in [0.3, 0.4) is 0 Å². The third-order valence-electron chi connectivity index (χ3n) is 4.45. The summed E-state index contributed by atoms with van der Waals surface area (Å²) >= 11 is 0. The first-order valence-electron chi connectivity index (χ1n) is 8.19. The van der Waals surface area contributed by atoms with E-state index in [1.165, 1.54) is 12.1 Å². The van der Waals surface area contributed by atoms with E-state index in [2.05, 4.69) is 5.32 Å². The van der Waals surface area contributed by atoms with Gasteiger partial charge in [0.2, 0.25) is 0 Å². The van der Waals surface area contributed by atoms with Gasteiger partial charge in [0.15, 0.2) is 5.78 Å². The number of benzene rings is 1. The average Bonchev–Trinajstić information content (AvgIpc) is 2.54. The zero-order chi connectivity index (χ0) is 17.3. The predicted molar refractivity (Wildman–Crippen MR) is 87.5 cm³/mol. The molecule has 1 aromatic carbocycles. The molecule has 0 radical (unpaired) electrons. The van der Waals surface area contributed by atoms with Crippen molar-refractivity contribution in [1.29, 1.82) is 0 Å². The maximum atomic E-state index is 13.8. The Kier molecular flexibility index (Phi) is 4.51. The minimum atomic E-state index is -0.580. The van der Waals surface area contributed by atoms with Crippen LogP contribution in [0.1, 0.15) is 44.6 Å². The van der Waals surface area contributed by atoms with E-state index in [0.29, 0.717) is 28.8 Å². The number of halogens is 1. The quantitative estimate of drug-likeness (QED) is 0.864. The largest absolute Gasteiger partial charge is 0.463 e. The molecule has 5 heteroatoms. The molecule has 0 amide bonds. The van der Waals surface area contributed by atoms with E-state index in [-0.39, 0.29) is 12.4 Å². The van der Waals surface area contributed by atoms with Gasteiger partial charge in [-0.1, -0.05) is 12.1 Å². The number of rotatable bonds is 3. The van der Waals surface area contributed by atoms with E-state index >= 15 is 0 Å². The molecule has 4 nitrogen and oxygen atoms in total. The predicted octanol–water partition coefficient (Wildman–Crippen LogP) is 3.36. The van der Waals surface area contributed by atoms with Crippen molar-refractivity contribution >= 4 is 11.8 Å². The lowest BCUT2D eigenvalue weighted by Gasteiger charge is -2.34. The van der Waals surface area contributed by atoms with E-state index < -0.39 is 17.7 Å². The highest BCUT2D eigenvalue weighted by molar-refractivity contribution is 6.03. The van der Waals surface area contributed by atoms with Crippen molar-refractivity contribution in [3.05, 3.63) is 58.2 Å². The van der Waals surface area contributed by atoms with E-state index in [1.54, 1.807) is 26.0 Å². The van der Waals surface area contributed by atoms with Gasteiger partial charge in [0.05, 0.1) is 12.2 Å². The summed E-state index contributed by atoms with van der Waals surface area (Å²) in [6.07, 6.45) is 1.98. The van der Waals surface area contributed by atoms with Crippen LogP contribution in [0.2, 0.25) is 0 Å².